The van der Waals surface area contributed by atoms with Gasteiger partial charge in [0.25, 0.3) is 0 Å². The fraction of sp³-hybridized carbons (Fsp3) is 0.600. The number of rotatable bonds is 3. The van der Waals surface area contributed by atoms with Crippen molar-refractivity contribution in [3.05, 3.63) is 22.5 Å². The van der Waals surface area contributed by atoms with Crippen molar-refractivity contribution < 1.29 is 14.8 Å². The number of carbonyl (C=O) groups excluding carboxylic acids is 1. The Balaban J connectivity index is 1.92. The zero-order valence-electron chi connectivity index (χ0n) is 9.73. The molecule has 2 heterocycles. The molecular formula is C10H14N4O4. The number of nitrogens with zero attached hydrogens (tertiary/aromatic N) is 4. The molecule has 0 unspecified atom stereocenters. The van der Waals surface area contributed by atoms with Crippen LogP contribution in [0.5, 0.6) is 0 Å². The standard InChI is InChI=1S/C10H14N4O4/c15-9-1-3-12(4-2-9)10(16)7-13-6-8(5-11-13)14(17)18/h5-6,9,15H,1-4,7H2. The molecule has 0 aliphatic carbocycles. The lowest BCUT2D eigenvalue weighted by Gasteiger charge is -2.29. The third-order valence-corrected chi connectivity index (χ3v) is 2.94. The van der Waals surface area contributed by atoms with Crippen LogP contribution in [0.2, 0.25) is 0 Å². The second kappa shape index (κ2) is 5.13. The van der Waals surface area contributed by atoms with E-state index in [0.29, 0.717) is 25.9 Å². The number of piperidine rings is 1. The van der Waals surface area contributed by atoms with Gasteiger partial charge in [-0.3, -0.25) is 19.6 Å². The summed E-state index contributed by atoms with van der Waals surface area (Å²) >= 11 is 0. The molecular weight excluding hydrogens is 240 g/mol. The van der Waals surface area contributed by atoms with Gasteiger partial charge in [0.2, 0.25) is 5.91 Å². The largest absolute Gasteiger partial charge is 0.393 e. The fourth-order valence-corrected chi connectivity index (χ4v) is 1.89. The molecule has 0 bridgehead atoms. The molecule has 8 heteroatoms. The topological polar surface area (TPSA) is 102 Å². The lowest BCUT2D eigenvalue weighted by Crippen LogP contribution is -2.41. The van der Waals surface area contributed by atoms with Crippen LogP contribution >= 0.6 is 0 Å². The molecule has 0 radical (unpaired) electrons. The molecule has 1 aromatic rings. The molecule has 1 N–H and O–H groups in total. The highest BCUT2D eigenvalue weighted by Gasteiger charge is 2.22. The average Bonchev–Trinajstić information content (AvgIpc) is 2.78. The number of aromatic nitrogens is 2. The summed E-state index contributed by atoms with van der Waals surface area (Å²) in [6.45, 7) is 1.02. The molecule has 1 aromatic heterocycles. The van der Waals surface area contributed by atoms with Crippen LogP contribution in [-0.4, -0.2) is 49.8 Å². The first kappa shape index (κ1) is 12.5. The number of nitro groups is 1. The summed E-state index contributed by atoms with van der Waals surface area (Å²) in [5, 5.41) is 23.6. The molecule has 0 atom stereocenters. The van der Waals surface area contributed by atoms with Gasteiger partial charge < -0.3 is 10.0 Å². The third-order valence-electron chi connectivity index (χ3n) is 2.94. The zero-order valence-corrected chi connectivity index (χ0v) is 9.73. The molecule has 18 heavy (non-hydrogen) atoms. The molecule has 2 rings (SSSR count). The van der Waals surface area contributed by atoms with Crippen LogP contribution in [0.15, 0.2) is 12.4 Å². The van der Waals surface area contributed by atoms with E-state index in [1.807, 2.05) is 0 Å². The SMILES string of the molecule is O=C(Cn1cc([N+](=O)[O-])cn1)N1CCC(O)CC1. The Bertz CT molecular complexity index is 450. The summed E-state index contributed by atoms with van der Waals surface area (Å²) in [6.07, 6.45) is 3.17. The van der Waals surface area contributed by atoms with E-state index in [0.717, 1.165) is 6.20 Å². The number of aliphatic hydroxyl groups excluding tert-OH is 1. The maximum absolute atomic E-state index is 11.9. The van der Waals surface area contributed by atoms with E-state index in [1.165, 1.54) is 10.9 Å². The van der Waals surface area contributed by atoms with E-state index in [9.17, 15) is 20.0 Å². The monoisotopic (exact) mass is 254 g/mol. The first-order valence-electron chi connectivity index (χ1n) is 5.69. The molecule has 0 saturated carbocycles. The van der Waals surface area contributed by atoms with Crippen molar-refractivity contribution in [2.24, 2.45) is 0 Å². The van der Waals surface area contributed by atoms with E-state index < -0.39 is 4.92 Å². The van der Waals surface area contributed by atoms with E-state index in [4.69, 9.17) is 0 Å². The Morgan fingerprint density at radius 2 is 2.22 bits per heavy atom. The number of aliphatic hydroxyl groups is 1. The van der Waals surface area contributed by atoms with Crippen LogP contribution in [0, 0.1) is 10.1 Å². The third kappa shape index (κ3) is 2.83. The van der Waals surface area contributed by atoms with Gasteiger partial charge in [-0.15, -0.1) is 0 Å². The predicted octanol–water partition coefficient (Wildman–Crippen LogP) is -0.225. The lowest BCUT2D eigenvalue weighted by molar-refractivity contribution is -0.385. The molecule has 0 aromatic carbocycles. The van der Waals surface area contributed by atoms with Crippen molar-refractivity contribution in [2.45, 2.75) is 25.5 Å². The summed E-state index contributed by atoms with van der Waals surface area (Å²) < 4.78 is 1.26. The molecule has 0 spiro atoms. The maximum Gasteiger partial charge on any atom is 0.307 e. The number of hydrogen-bond acceptors (Lipinski definition) is 5. The van der Waals surface area contributed by atoms with Crippen molar-refractivity contribution in [3.8, 4) is 0 Å². The normalized spacial score (nSPS) is 16.8. The highest BCUT2D eigenvalue weighted by Crippen LogP contribution is 2.12. The van der Waals surface area contributed by atoms with Gasteiger partial charge in [0.1, 0.15) is 18.9 Å². The maximum atomic E-state index is 11.9. The summed E-state index contributed by atoms with van der Waals surface area (Å²) in [6, 6.07) is 0. The van der Waals surface area contributed by atoms with Crippen LogP contribution in [0.1, 0.15) is 12.8 Å². The first-order valence-corrected chi connectivity index (χ1v) is 5.69. The molecule has 1 amide bonds. The molecule has 1 aliphatic rings. The second-order valence-electron chi connectivity index (χ2n) is 4.27. The van der Waals surface area contributed by atoms with Gasteiger partial charge in [0, 0.05) is 13.1 Å². The average molecular weight is 254 g/mol. The number of hydrogen-bond donors (Lipinski definition) is 1. The highest BCUT2D eigenvalue weighted by atomic mass is 16.6. The molecule has 1 fully saturated rings. The molecule has 8 nitrogen and oxygen atoms in total. The van der Waals surface area contributed by atoms with Crippen molar-refractivity contribution in [1.82, 2.24) is 14.7 Å². The van der Waals surface area contributed by atoms with Gasteiger partial charge in [-0.1, -0.05) is 0 Å². The lowest BCUT2D eigenvalue weighted by atomic mass is 10.1. The van der Waals surface area contributed by atoms with Gasteiger partial charge in [-0.05, 0) is 12.8 Å². The smallest absolute Gasteiger partial charge is 0.307 e. The second-order valence-corrected chi connectivity index (χ2v) is 4.27. The summed E-state index contributed by atoms with van der Waals surface area (Å²) in [7, 11) is 0. The number of likely N-dealkylation sites (tertiary alicyclic amines) is 1. The van der Waals surface area contributed by atoms with Crippen LogP contribution in [-0.2, 0) is 11.3 Å². The van der Waals surface area contributed by atoms with Gasteiger partial charge in [0.15, 0.2) is 0 Å². The Morgan fingerprint density at radius 3 is 2.78 bits per heavy atom. The summed E-state index contributed by atoms with van der Waals surface area (Å²) in [5.74, 6) is -0.139. The first-order chi connectivity index (χ1) is 8.56. The fourth-order valence-electron chi connectivity index (χ4n) is 1.89. The van der Waals surface area contributed by atoms with Crippen LogP contribution in [0.4, 0.5) is 5.69 Å². The van der Waals surface area contributed by atoms with Crippen LogP contribution in [0.3, 0.4) is 0 Å². The van der Waals surface area contributed by atoms with Crippen molar-refractivity contribution in [3.63, 3.8) is 0 Å². The molecule has 1 saturated heterocycles. The minimum Gasteiger partial charge on any atom is -0.393 e. The van der Waals surface area contributed by atoms with Crippen molar-refractivity contribution in [1.29, 1.82) is 0 Å². The Kier molecular flexibility index (Phi) is 3.56. The minimum atomic E-state index is -0.550. The Morgan fingerprint density at radius 1 is 1.56 bits per heavy atom. The molecule has 1 aliphatic heterocycles. The van der Waals surface area contributed by atoms with E-state index >= 15 is 0 Å². The highest BCUT2D eigenvalue weighted by molar-refractivity contribution is 5.76. The van der Waals surface area contributed by atoms with E-state index in [1.54, 1.807) is 4.90 Å². The Hall–Kier alpha value is -1.96. The Labute approximate surface area is 103 Å². The van der Waals surface area contributed by atoms with Gasteiger partial charge in [-0.25, -0.2) is 0 Å². The van der Waals surface area contributed by atoms with Crippen LogP contribution < -0.4 is 0 Å². The minimum absolute atomic E-state index is 0.00998. The van der Waals surface area contributed by atoms with Gasteiger partial charge in [-0.2, -0.15) is 5.10 Å². The zero-order chi connectivity index (χ0) is 13.1. The van der Waals surface area contributed by atoms with Crippen molar-refractivity contribution in [2.75, 3.05) is 13.1 Å². The van der Waals surface area contributed by atoms with E-state index in [-0.39, 0.29) is 24.2 Å². The quantitative estimate of drug-likeness (QED) is 0.593. The predicted molar refractivity (Wildman–Crippen MR) is 60.7 cm³/mol. The van der Waals surface area contributed by atoms with Crippen molar-refractivity contribution >= 4 is 11.6 Å². The number of amides is 1. The van der Waals surface area contributed by atoms with Gasteiger partial charge >= 0.3 is 5.69 Å². The van der Waals surface area contributed by atoms with E-state index in [2.05, 4.69) is 5.10 Å². The van der Waals surface area contributed by atoms with Crippen LogP contribution in [0.25, 0.3) is 0 Å². The number of carbonyl (C=O) groups is 1. The summed E-state index contributed by atoms with van der Waals surface area (Å²) in [5.41, 5.74) is -0.128. The summed E-state index contributed by atoms with van der Waals surface area (Å²) in [4.78, 5) is 23.4. The molecule has 98 valence electrons. The van der Waals surface area contributed by atoms with Gasteiger partial charge in [0.05, 0.1) is 11.0 Å².